The standard InChI is InChI=1S/C36H43Cl3N4O12/c1-3-16-50-33-28(43-34(48)53-20-36(37,38)39)35(49,29-25(54-33)19-52-32(55-29)23-12-8-5-9-13-23)17-27(45)41-21(2)30(46)42-26(44)15-14-24(40)31(47)51-18-22-10-6-4-7-11-22/h3-13,21,24-25,28-29,32-33,49H,1,14-20,40H2,2H3,(H,41,45)(H,43,48)(H,42,44,46)/t21-,24-,25+,28-,29+,32?,33-,35+/m0/s1. The molecule has 2 aliphatic rings. The number of imide groups is 1. The molecule has 2 heterocycles. The van der Waals surface area contributed by atoms with Crippen molar-refractivity contribution in [3.8, 4) is 0 Å². The lowest BCUT2D eigenvalue weighted by Crippen LogP contribution is -2.74. The lowest BCUT2D eigenvalue weighted by atomic mass is 9.78. The highest BCUT2D eigenvalue weighted by Gasteiger charge is 2.61. The topological polar surface area (TPSA) is 223 Å². The maximum absolute atomic E-state index is 13.6. The number of hydrogen-bond acceptors (Lipinski definition) is 13. The summed E-state index contributed by atoms with van der Waals surface area (Å²) in [6, 6.07) is 13.7. The Kier molecular flexibility index (Phi) is 16.2. The van der Waals surface area contributed by atoms with Gasteiger partial charge in [-0.1, -0.05) is 102 Å². The average Bonchev–Trinajstić information content (AvgIpc) is 3.15. The van der Waals surface area contributed by atoms with Gasteiger partial charge in [-0.2, -0.15) is 0 Å². The molecule has 8 atom stereocenters. The molecule has 0 saturated carbocycles. The zero-order valence-electron chi connectivity index (χ0n) is 29.7. The molecular weight excluding hydrogens is 787 g/mol. The molecule has 2 saturated heterocycles. The minimum Gasteiger partial charge on any atom is -0.460 e. The largest absolute Gasteiger partial charge is 0.460 e. The number of benzene rings is 2. The fraction of sp³-hybridized carbons (Fsp3) is 0.472. The Morgan fingerprint density at radius 3 is 2.36 bits per heavy atom. The van der Waals surface area contributed by atoms with Crippen molar-refractivity contribution in [3.05, 3.63) is 84.4 Å². The third-order valence-corrected chi connectivity index (χ3v) is 8.74. The van der Waals surface area contributed by atoms with Crippen molar-refractivity contribution in [1.29, 1.82) is 0 Å². The Labute approximate surface area is 332 Å². The van der Waals surface area contributed by atoms with Crippen molar-refractivity contribution in [2.24, 2.45) is 5.73 Å². The van der Waals surface area contributed by atoms with Crippen LogP contribution in [-0.4, -0.2) is 101 Å². The van der Waals surface area contributed by atoms with Gasteiger partial charge in [0.1, 0.15) is 49.1 Å². The van der Waals surface area contributed by atoms with Crippen LogP contribution in [0.4, 0.5) is 4.79 Å². The van der Waals surface area contributed by atoms with Gasteiger partial charge in [-0.05, 0) is 18.9 Å². The molecule has 16 nitrogen and oxygen atoms in total. The van der Waals surface area contributed by atoms with Crippen LogP contribution in [-0.2, 0) is 54.2 Å². The van der Waals surface area contributed by atoms with E-state index in [0.29, 0.717) is 5.56 Å². The molecule has 0 spiro atoms. The number of aliphatic hydroxyl groups is 1. The van der Waals surface area contributed by atoms with Gasteiger partial charge in [0.05, 0.1) is 19.6 Å². The van der Waals surface area contributed by atoms with Crippen molar-refractivity contribution in [1.82, 2.24) is 16.0 Å². The molecule has 55 heavy (non-hydrogen) atoms. The van der Waals surface area contributed by atoms with Gasteiger partial charge in [-0.15, -0.1) is 6.58 Å². The van der Waals surface area contributed by atoms with Crippen LogP contribution in [0.2, 0.25) is 0 Å². The minimum atomic E-state index is -2.33. The highest BCUT2D eigenvalue weighted by Crippen LogP contribution is 2.41. The molecule has 2 aromatic carbocycles. The van der Waals surface area contributed by atoms with Gasteiger partial charge >= 0.3 is 12.1 Å². The number of carbonyl (C=O) groups is 5. The number of carbonyl (C=O) groups excluding carboxylic acids is 5. The molecule has 2 aromatic rings. The Balaban J connectivity index is 1.44. The lowest BCUT2D eigenvalue weighted by molar-refractivity contribution is -0.365. The van der Waals surface area contributed by atoms with Crippen LogP contribution < -0.4 is 21.7 Å². The van der Waals surface area contributed by atoms with E-state index in [2.05, 4.69) is 22.5 Å². The van der Waals surface area contributed by atoms with Crippen molar-refractivity contribution in [2.75, 3.05) is 19.8 Å². The summed E-state index contributed by atoms with van der Waals surface area (Å²) in [6.45, 7) is 4.02. The van der Waals surface area contributed by atoms with Gasteiger partial charge in [0, 0.05) is 12.0 Å². The molecule has 4 rings (SSSR count). The second-order valence-electron chi connectivity index (χ2n) is 12.7. The molecule has 19 heteroatoms. The van der Waals surface area contributed by atoms with Crippen molar-refractivity contribution in [3.63, 3.8) is 0 Å². The number of esters is 1. The first-order valence-electron chi connectivity index (χ1n) is 17.1. The Morgan fingerprint density at radius 2 is 1.71 bits per heavy atom. The van der Waals surface area contributed by atoms with Crippen LogP contribution in [0, 0.1) is 0 Å². The number of amides is 4. The molecule has 2 aliphatic heterocycles. The van der Waals surface area contributed by atoms with Crippen molar-refractivity contribution >= 4 is 64.6 Å². The summed E-state index contributed by atoms with van der Waals surface area (Å²) in [5, 5.41) is 19.5. The van der Waals surface area contributed by atoms with Gasteiger partial charge in [-0.3, -0.25) is 24.5 Å². The SMILES string of the molecule is C=CCO[C@H]1O[C@@H]2COC(c3ccccc3)O[C@H]2[C@@](O)(CC(=O)N[C@@H](C)C(=O)NC(=O)CC[C@H](N)C(=O)OCc2ccccc2)[C@H]1NC(=O)OCC(Cl)(Cl)Cl. The second kappa shape index (κ2) is 20.4. The van der Waals surface area contributed by atoms with E-state index in [9.17, 15) is 29.1 Å². The van der Waals surface area contributed by atoms with Crippen molar-refractivity contribution in [2.45, 2.75) is 85.1 Å². The van der Waals surface area contributed by atoms with Gasteiger partial charge in [0.25, 0.3) is 0 Å². The Morgan fingerprint density at radius 1 is 1.04 bits per heavy atom. The third-order valence-electron chi connectivity index (χ3n) is 8.41. The number of nitrogens with one attached hydrogen (secondary N) is 3. The van der Waals surface area contributed by atoms with Gasteiger partial charge in [0.15, 0.2) is 12.6 Å². The van der Waals surface area contributed by atoms with Gasteiger partial charge in [-0.25, -0.2) is 4.79 Å². The van der Waals surface area contributed by atoms with Crippen molar-refractivity contribution < 1.29 is 57.5 Å². The maximum atomic E-state index is 13.6. The van der Waals surface area contributed by atoms with Crippen LogP contribution >= 0.6 is 34.8 Å². The summed E-state index contributed by atoms with van der Waals surface area (Å²) in [6.07, 6.45) is -5.78. The minimum absolute atomic E-state index is 0.00640. The summed E-state index contributed by atoms with van der Waals surface area (Å²) < 4.78 is 32.1. The number of alkyl carbamates (subject to hydrolysis) is 1. The zero-order chi connectivity index (χ0) is 40.2. The highest BCUT2D eigenvalue weighted by atomic mass is 35.6. The Bertz CT molecular complexity index is 1640. The van der Waals surface area contributed by atoms with Crippen LogP contribution in [0.1, 0.15) is 43.6 Å². The van der Waals surface area contributed by atoms with E-state index in [1.807, 2.05) is 6.07 Å². The lowest BCUT2D eigenvalue weighted by Gasteiger charge is -2.53. The highest BCUT2D eigenvalue weighted by molar-refractivity contribution is 6.67. The van der Waals surface area contributed by atoms with Crippen LogP contribution in [0.25, 0.3) is 0 Å². The van der Waals surface area contributed by atoms with E-state index in [-0.39, 0.29) is 32.7 Å². The van der Waals surface area contributed by atoms with E-state index in [4.69, 9.17) is 69.0 Å². The first-order chi connectivity index (χ1) is 26.1. The second-order valence-corrected chi connectivity index (χ2v) is 15.2. The van der Waals surface area contributed by atoms with Gasteiger partial charge in [0.2, 0.25) is 21.5 Å². The normalized spacial score (nSPS) is 24.6. The van der Waals surface area contributed by atoms with Crippen LogP contribution in [0.15, 0.2) is 73.3 Å². The summed E-state index contributed by atoms with van der Waals surface area (Å²) in [7, 11) is 0. The first kappa shape index (κ1) is 43.9. The molecule has 0 bridgehead atoms. The third kappa shape index (κ3) is 13.1. The number of fused-ring (bicyclic) bond motifs is 1. The predicted molar refractivity (Wildman–Crippen MR) is 197 cm³/mol. The summed E-state index contributed by atoms with van der Waals surface area (Å²) in [5.74, 6) is -3.26. The van der Waals surface area contributed by atoms with E-state index in [1.165, 1.54) is 13.0 Å². The monoisotopic (exact) mass is 828 g/mol. The predicted octanol–water partition coefficient (Wildman–Crippen LogP) is 2.61. The molecular formula is C36H43Cl3N4O12. The molecule has 0 radical (unpaired) electrons. The molecule has 300 valence electrons. The number of ether oxygens (including phenoxy) is 6. The summed E-state index contributed by atoms with van der Waals surface area (Å²) >= 11 is 17.2. The summed E-state index contributed by atoms with van der Waals surface area (Å²) in [5.41, 5.74) is 4.90. The van der Waals surface area contributed by atoms with E-state index in [0.717, 1.165) is 5.56 Å². The van der Waals surface area contributed by atoms with Gasteiger partial charge < -0.3 is 49.9 Å². The average molecular weight is 830 g/mol. The number of hydrogen-bond donors (Lipinski definition) is 5. The zero-order valence-corrected chi connectivity index (χ0v) is 32.0. The fourth-order valence-corrected chi connectivity index (χ4v) is 5.87. The maximum Gasteiger partial charge on any atom is 0.407 e. The van der Waals surface area contributed by atoms with E-state index in [1.54, 1.807) is 54.6 Å². The molecule has 6 N–H and O–H groups in total. The van der Waals surface area contributed by atoms with E-state index < -0.39 is 95.1 Å². The molecule has 0 aromatic heterocycles. The number of alkyl halides is 3. The van der Waals surface area contributed by atoms with Crippen LogP contribution in [0.3, 0.4) is 0 Å². The molecule has 4 amide bonds. The fourth-order valence-electron chi connectivity index (χ4n) is 5.71. The number of rotatable bonds is 16. The Hall–Kier alpha value is -3.84. The number of nitrogens with two attached hydrogens (primary N) is 1. The quantitative estimate of drug-likeness (QED) is 0.0934. The molecule has 0 aliphatic carbocycles. The molecule has 1 unspecified atom stereocenters. The summed E-state index contributed by atoms with van der Waals surface area (Å²) in [4.78, 5) is 64.4. The smallest absolute Gasteiger partial charge is 0.407 e. The van der Waals surface area contributed by atoms with E-state index >= 15 is 0 Å². The first-order valence-corrected chi connectivity index (χ1v) is 18.2. The molecule has 2 fully saturated rings. The van der Waals surface area contributed by atoms with Crippen LogP contribution in [0.5, 0.6) is 0 Å². The number of halogens is 3.